The molecule has 120 valence electrons. The van der Waals surface area contributed by atoms with Crippen LogP contribution in [0.15, 0.2) is 30.5 Å². The van der Waals surface area contributed by atoms with Gasteiger partial charge in [0.05, 0.1) is 27.1 Å². The number of rotatable bonds is 5. The molecular weight excluding hydrogens is 326 g/mol. The largest absolute Gasteiger partial charge is 0.370 e. The monoisotopic (exact) mass is 339 g/mol. The normalized spacial score (nSPS) is 10.5. The summed E-state index contributed by atoms with van der Waals surface area (Å²) in [7, 11) is 0. The van der Waals surface area contributed by atoms with E-state index in [0.29, 0.717) is 28.8 Å². The van der Waals surface area contributed by atoms with Gasteiger partial charge in [0.15, 0.2) is 0 Å². The maximum Gasteiger partial charge on any atom is 0.270 e. The Morgan fingerprint density at radius 2 is 2.25 bits per heavy atom. The number of aryl methyl sites for hydroxylation is 1. The Bertz CT molecular complexity index is 961. The molecule has 1 N–H and O–H groups in total. The second-order valence-corrected chi connectivity index (χ2v) is 6.49. The first kappa shape index (κ1) is 15.8. The molecule has 0 spiro atoms. The van der Waals surface area contributed by atoms with Gasteiger partial charge in [-0.2, -0.15) is 5.26 Å². The number of nitro groups is 1. The number of aromatic nitrogens is 2. The lowest BCUT2D eigenvalue weighted by molar-refractivity contribution is -0.384. The Morgan fingerprint density at radius 3 is 2.92 bits per heavy atom. The van der Waals surface area contributed by atoms with Crippen molar-refractivity contribution in [1.29, 1.82) is 5.26 Å². The van der Waals surface area contributed by atoms with Crippen LogP contribution < -0.4 is 5.32 Å². The van der Waals surface area contributed by atoms with Crippen LogP contribution >= 0.6 is 11.3 Å². The van der Waals surface area contributed by atoms with Gasteiger partial charge in [-0.1, -0.05) is 0 Å². The quantitative estimate of drug-likeness (QED) is 0.564. The molecule has 2 heterocycles. The van der Waals surface area contributed by atoms with Crippen LogP contribution in [-0.4, -0.2) is 21.4 Å². The van der Waals surface area contributed by atoms with Crippen molar-refractivity contribution in [3.63, 3.8) is 0 Å². The lowest BCUT2D eigenvalue weighted by atomic mass is 10.1. The molecule has 8 heteroatoms. The molecule has 2 aromatic heterocycles. The van der Waals surface area contributed by atoms with Crippen molar-refractivity contribution in [3.05, 3.63) is 56.0 Å². The Balaban J connectivity index is 1.83. The van der Waals surface area contributed by atoms with Gasteiger partial charge in [-0.25, -0.2) is 9.97 Å². The van der Waals surface area contributed by atoms with E-state index >= 15 is 0 Å². The van der Waals surface area contributed by atoms with E-state index in [2.05, 4.69) is 21.4 Å². The lowest BCUT2D eigenvalue weighted by Crippen LogP contribution is -2.06. The van der Waals surface area contributed by atoms with Gasteiger partial charge in [-0.05, 0) is 19.1 Å². The Kier molecular flexibility index (Phi) is 4.35. The average molecular weight is 339 g/mol. The van der Waals surface area contributed by atoms with E-state index < -0.39 is 4.92 Å². The smallest absolute Gasteiger partial charge is 0.270 e. The highest BCUT2D eigenvalue weighted by Crippen LogP contribution is 2.25. The van der Waals surface area contributed by atoms with Crippen molar-refractivity contribution in [2.24, 2.45) is 0 Å². The lowest BCUT2D eigenvalue weighted by Gasteiger charge is -2.07. The van der Waals surface area contributed by atoms with Crippen molar-refractivity contribution < 1.29 is 4.92 Å². The first-order chi connectivity index (χ1) is 11.6. The molecule has 3 aromatic rings. The molecule has 0 aliphatic rings. The number of hydrogen-bond acceptors (Lipinski definition) is 7. The SMILES string of the molecule is Cc1cnc(CCNc2cc(C#N)c3cc([N+](=O)[O-])ccc3n2)s1. The molecule has 0 bridgehead atoms. The summed E-state index contributed by atoms with van der Waals surface area (Å²) in [6.07, 6.45) is 2.61. The number of fused-ring (bicyclic) bond motifs is 1. The first-order valence-corrected chi connectivity index (χ1v) is 8.03. The van der Waals surface area contributed by atoms with E-state index in [1.807, 2.05) is 13.1 Å². The summed E-state index contributed by atoms with van der Waals surface area (Å²) in [5, 5.41) is 24.9. The molecule has 24 heavy (non-hydrogen) atoms. The van der Waals surface area contributed by atoms with Crippen molar-refractivity contribution in [2.45, 2.75) is 13.3 Å². The number of thiazole rings is 1. The fraction of sp³-hybridized carbons (Fsp3) is 0.188. The molecule has 1 aromatic carbocycles. The van der Waals surface area contributed by atoms with Gasteiger partial charge in [-0.3, -0.25) is 10.1 Å². The number of non-ortho nitro benzene ring substituents is 1. The fourth-order valence-corrected chi connectivity index (χ4v) is 3.11. The summed E-state index contributed by atoms with van der Waals surface area (Å²) in [6, 6.07) is 8.01. The van der Waals surface area contributed by atoms with E-state index in [9.17, 15) is 15.4 Å². The topological polar surface area (TPSA) is 105 Å². The van der Waals surface area contributed by atoms with Crippen LogP contribution in [0.1, 0.15) is 15.4 Å². The highest BCUT2D eigenvalue weighted by molar-refractivity contribution is 7.11. The van der Waals surface area contributed by atoms with Crippen molar-refractivity contribution in [3.8, 4) is 6.07 Å². The van der Waals surface area contributed by atoms with Gasteiger partial charge in [0.1, 0.15) is 5.82 Å². The number of pyridine rings is 1. The van der Waals surface area contributed by atoms with Crippen LogP contribution in [0.4, 0.5) is 11.5 Å². The zero-order valence-corrected chi connectivity index (χ0v) is 13.6. The maximum absolute atomic E-state index is 10.9. The van der Waals surface area contributed by atoms with Gasteiger partial charge >= 0.3 is 0 Å². The van der Waals surface area contributed by atoms with Crippen LogP contribution in [0.25, 0.3) is 10.9 Å². The number of hydrogen-bond donors (Lipinski definition) is 1. The summed E-state index contributed by atoms with van der Waals surface area (Å²) in [4.78, 5) is 20.3. The van der Waals surface area contributed by atoms with Gasteiger partial charge < -0.3 is 5.32 Å². The number of benzene rings is 1. The van der Waals surface area contributed by atoms with Gasteiger partial charge in [0.25, 0.3) is 5.69 Å². The summed E-state index contributed by atoms with van der Waals surface area (Å²) >= 11 is 1.65. The molecule has 0 saturated carbocycles. The van der Waals surface area contributed by atoms with E-state index in [0.717, 1.165) is 11.4 Å². The third-order valence-corrected chi connectivity index (χ3v) is 4.41. The summed E-state index contributed by atoms with van der Waals surface area (Å²) < 4.78 is 0. The zero-order chi connectivity index (χ0) is 17.1. The number of nitrogens with one attached hydrogen (secondary N) is 1. The molecule has 0 amide bonds. The number of nitriles is 1. The second kappa shape index (κ2) is 6.60. The van der Waals surface area contributed by atoms with Crippen molar-refractivity contribution in [2.75, 3.05) is 11.9 Å². The molecule has 3 rings (SSSR count). The molecule has 0 aliphatic heterocycles. The van der Waals surface area contributed by atoms with E-state index in [1.54, 1.807) is 23.5 Å². The molecule has 0 radical (unpaired) electrons. The minimum Gasteiger partial charge on any atom is -0.370 e. The van der Waals surface area contributed by atoms with E-state index in [1.165, 1.54) is 17.0 Å². The van der Waals surface area contributed by atoms with Crippen LogP contribution in [0.2, 0.25) is 0 Å². The molecule has 0 unspecified atom stereocenters. The van der Waals surface area contributed by atoms with Crippen LogP contribution in [-0.2, 0) is 6.42 Å². The summed E-state index contributed by atoms with van der Waals surface area (Å²) in [5.41, 5.74) is 0.851. The maximum atomic E-state index is 10.9. The van der Waals surface area contributed by atoms with Crippen molar-refractivity contribution >= 4 is 33.7 Å². The molecule has 0 atom stereocenters. The molecular formula is C16H13N5O2S. The van der Waals surface area contributed by atoms with Crippen LogP contribution in [0.3, 0.4) is 0 Å². The Hall–Kier alpha value is -3.05. The van der Waals surface area contributed by atoms with Crippen LogP contribution in [0.5, 0.6) is 0 Å². The zero-order valence-electron chi connectivity index (χ0n) is 12.8. The summed E-state index contributed by atoms with van der Waals surface area (Å²) in [5.74, 6) is 0.571. The number of nitrogens with zero attached hydrogens (tertiary/aromatic N) is 4. The first-order valence-electron chi connectivity index (χ1n) is 7.21. The minimum absolute atomic E-state index is 0.0550. The van der Waals surface area contributed by atoms with E-state index in [-0.39, 0.29) is 5.69 Å². The number of anilines is 1. The predicted molar refractivity (Wildman–Crippen MR) is 92.2 cm³/mol. The third kappa shape index (κ3) is 3.31. The Morgan fingerprint density at radius 1 is 1.42 bits per heavy atom. The van der Waals surface area contributed by atoms with Gasteiger partial charge in [0.2, 0.25) is 0 Å². The highest BCUT2D eigenvalue weighted by Gasteiger charge is 2.11. The van der Waals surface area contributed by atoms with Gasteiger partial charge in [0, 0.05) is 41.6 Å². The summed E-state index contributed by atoms with van der Waals surface area (Å²) in [6.45, 7) is 2.65. The van der Waals surface area contributed by atoms with E-state index in [4.69, 9.17) is 0 Å². The molecule has 0 saturated heterocycles. The van der Waals surface area contributed by atoms with Gasteiger partial charge in [-0.15, -0.1) is 11.3 Å². The number of nitro benzene ring substituents is 1. The molecule has 0 aliphatic carbocycles. The molecule has 7 nitrogen and oxygen atoms in total. The average Bonchev–Trinajstić information content (AvgIpc) is 2.98. The second-order valence-electron chi connectivity index (χ2n) is 5.17. The van der Waals surface area contributed by atoms with Crippen LogP contribution in [0, 0.1) is 28.4 Å². The standard InChI is InChI=1S/C16H13N5O2S/c1-10-9-19-16(24-10)4-5-18-15-6-11(8-17)13-7-12(21(22)23)2-3-14(13)20-15/h2-3,6-7,9H,4-5H2,1H3,(H,18,20). The van der Waals surface area contributed by atoms with Crippen molar-refractivity contribution in [1.82, 2.24) is 9.97 Å². The minimum atomic E-state index is -0.483. The third-order valence-electron chi connectivity index (χ3n) is 3.44. The predicted octanol–water partition coefficient (Wildman–Crippen LogP) is 3.43. The molecule has 0 fully saturated rings. The fourth-order valence-electron chi connectivity index (χ4n) is 2.32. The Labute approximate surface area is 141 Å². The highest BCUT2D eigenvalue weighted by atomic mass is 32.1.